The molecule has 9 heteroatoms. The molecule has 1 N–H and O–H groups in total. The lowest BCUT2D eigenvalue weighted by atomic mass is 10.1. The third-order valence-electron chi connectivity index (χ3n) is 5.16. The van der Waals surface area contributed by atoms with Crippen LogP contribution in [0.5, 0.6) is 0 Å². The van der Waals surface area contributed by atoms with Crippen molar-refractivity contribution < 1.29 is 9.59 Å². The van der Waals surface area contributed by atoms with Crippen LogP contribution < -0.4 is 5.32 Å². The molecule has 0 unspecified atom stereocenters. The summed E-state index contributed by atoms with van der Waals surface area (Å²) in [6, 6.07) is 15.3. The Morgan fingerprint density at radius 2 is 1.74 bits per heavy atom. The van der Waals surface area contributed by atoms with E-state index in [0.29, 0.717) is 36.9 Å². The van der Waals surface area contributed by atoms with Crippen molar-refractivity contribution in [1.82, 2.24) is 20.0 Å². The van der Waals surface area contributed by atoms with E-state index in [1.807, 2.05) is 65.3 Å². The summed E-state index contributed by atoms with van der Waals surface area (Å²) in [5, 5.41) is 12.4. The number of hydrogen-bond acceptors (Lipinski definition) is 6. The SMILES string of the molecule is Cc1ccccc1-c1nnc(NC(=O)CN2CCN(C(=O)c3ccc(Br)cc3)CC2)s1. The number of carbonyl (C=O) groups excluding carboxylic acids is 2. The molecule has 0 aliphatic carbocycles. The van der Waals surface area contributed by atoms with Crippen molar-refractivity contribution in [3.8, 4) is 10.6 Å². The molecule has 7 nitrogen and oxygen atoms in total. The van der Waals surface area contributed by atoms with Gasteiger partial charge in [0.05, 0.1) is 6.54 Å². The van der Waals surface area contributed by atoms with Crippen LogP contribution >= 0.6 is 27.3 Å². The first kappa shape index (κ1) is 21.6. The molecule has 0 spiro atoms. The van der Waals surface area contributed by atoms with Crippen LogP contribution in [0.1, 0.15) is 15.9 Å². The van der Waals surface area contributed by atoms with Crippen molar-refractivity contribution in [2.75, 3.05) is 38.0 Å². The maximum Gasteiger partial charge on any atom is 0.253 e. The highest BCUT2D eigenvalue weighted by Gasteiger charge is 2.23. The summed E-state index contributed by atoms with van der Waals surface area (Å²) < 4.78 is 0.946. The van der Waals surface area contributed by atoms with E-state index in [1.165, 1.54) is 11.3 Å². The molecule has 0 radical (unpaired) electrons. The smallest absolute Gasteiger partial charge is 0.253 e. The lowest BCUT2D eigenvalue weighted by molar-refractivity contribution is -0.117. The highest BCUT2D eigenvalue weighted by molar-refractivity contribution is 9.10. The second-order valence-electron chi connectivity index (χ2n) is 7.35. The summed E-state index contributed by atoms with van der Waals surface area (Å²) in [6.45, 7) is 4.78. The van der Waals surface area contributed by atoms with Gasteiger partial charge in [-0.05, 0) is 36.8 Å². The quantitative estimate of drug-likeness (QED) is 0.579. The minimum absolute atomic E-state index is 0.0224. The fraction of sp³-hybridized carbons (Fsp3) is 0.273. The Balaban J connectivity index is 1.27. The molecule has 0 atom stereocenters. The second-order valence-corrected chi connectivity index (χ2v) is 9.24. The van der Waals surface area contributed by atoms with Gasteiger partial charge in [-0.3, -0.25) is 19.8 Å². The Morgan fingerprint density at radius 3 is 2.45 bits per heavy atom. The zero-order chi connectivity index (χ0) is 21.8. The summed E-state index contributed by atoms with van der Waals surface area (Å²) in [7, 11) is 0. The second kappa shape index (κ2) is 9.67. The topological polar surface area (TPSA) is 78.4 Å². The van der Waals surface area contributed by atoms with Crippen LogP contribution in [-0.4, -0.2) is 64.5 Å². The molecule has 4 rings (SSSR count). The standard InChI is InChI=1S/C22H22BrN5O2S/c1-15-4-2-3-5-18(15)20-25-26-22(31-20)24-19(29)14-27-10-12-28(13-11-27)21(30)16-6-8-17(23)9-7-16/h2-9H,10-14H2,1H3,(H,24,26,29). The van der Waals surface area contributed by atoms with E-state index in [2.05, 4.69) is 31.4 Å². The van der Waals surface area contributed by atoms with Crippen LogP contribution in [0, 0.1) is 6.92 Å². The molecule has 1 fully saturated rings. The number of piperazine rings is 1. The number of benzene rings is 2. The van der Waals surface area contributed by atoms with E-state index in [0.717, 1.165) is 20.6 Å². The fourth-order valence-electron chi connectivity index (χ4n) is 3.44. The van der Waals surface area contributed by atoms with E-state index >= 15 is 0 Å². The number of hydrogen-bond donors (Lipinski definition) is 1. The predicted octanol–water partition coefficient (Wildman–Crippen LogP) is 3.67. The van der Waals surface area contributed by atoms with Crippen LogP contribution in [0.15, 0.2) is 53.0 Å². The summed E-state index contributed by atoms with van der Waals surface area (Å²) in [5.74, 6) is -0.102. The number of aryl methyl sites for hydroxylation is 1. The number of nitrogens with one attached hydrogen (secondary N) is 1. The highest BCUT2D eigenvalue weighted by Crippen LogP contribution is 2.28. The number of carbonyl (C=O) groups is 2. The van der Waals surface area contributed by atoms with Gasteiger partial charge < -0.3 is 4.90 Å². The number of anilines is 1. The Morgan fingerprint density at radius 1 is 1.03 bits per heavy atom. The van der Waals surface area contributed by atoms with Crippen molar-refractivity contribution in [2.24, 2.45) is 0 Å². The Hall–Kier alpha value is -2.62. The van der Waals surface area contributed by atoms with Gasteiger partial charge >= 0.3 is 0 Å². The van der Waals surface area contributed by atoms with E-state index < -0.39 is 0 Å². The summed E-state index contributed by atoms with van der Waals surface area (Å²) in [4.78, 5) is 29.0. The molecule has 1 aliphatic rings. The molecule has 3 aromatic rings. The Labute approximate surface area is 193 Å². The van der Waals surface area contributed by atoms with E-state index in [-0.39, 0.29) is 18.4 Å². The number of rotatable bonds is 5. The van der Waals surface area contributed by atoms with Crippen molar-refractivity contribution in [1.29, 1.82) is 0 Å². The van der Waals surface area contributed by atoms with Gasteiger partial charge in [0.1, 0.15) is 5.01 Å². The molecule has 1 aliphatic heterocycles. The van der Waals surface area contributed by atoms with Gasteiger partial charge in [0, 0.05) is 41.8 Å². The molecule has 1 aromatic heterocycles. The maximum atomic E-state index is 12.6. The van der Waals surface area contributed by atoms with Crippen molar-refractivity contribution in [3.05, 3.63) is 64.1 Å². The number of amides is 2. The maximum absolute atomic E-state index is 12.6. The van der Waals surface area contributed by atoms with Crippen molar-refractivity contribution in [3.63, 3.8) is 0 Å². The number of aromatic nitrogens is 2. The van der Waals surface area contributed by atoms with Gasteiger partial charge in [-0.25, -0.2) is 0 Å². The highest BCUT2D eigenvalue weighted by atomic mass is 79.9. The number of nitrogens with zero attached hydrogens (tertiary/aromatic N) is 4. The molecular formula is C22H22BrN5O2S. The first-order valence-corrected chi connectivity index (χ1v) is 11.6. The third kappa shape index (κ3) is 5.36. The van der Waals surface area contributed by atoms with E-state index in [1.54, 1.807) is 0 Å². The van der Waals surface area contributed by atoms with Crippen LogP contribution in [0.25, 0.3) is 10.6 Å². The van der Waals surface area contributed by atoms with Gasteiger partial charge in [0.15, 0.2) is 0 Å². The van der Waals surface area contributed by atoms with Gasteiger partial charge in [-0.2, -0.15) is 0 Å². The van der Waals surface area contributed by atoms with Crippen LogP contribution in [-0.2, 0) is 4.79 Å². The normalized spacial score (nSPS) is 14.5. The van der Waals surface area contributed by atoms with Gasteiger partial charge in [-0.15, -0.1) is 10.2 Å². The van der Waals surface area contributed by atoms with Crippen molar-refractivity contribution in [2.45, 2.75) is 6.92 Å². The molecular weight excluding hydrogens is 478 g/mol. The van der Waals surface area contributed by atoms with E-state index in [4.69, 9.17) is 0 Å². The predicted molar refractivity (Wildman–Crippen MR) is 125 cm³/mol. The lowest BCUT2D eigenvalue weighted by Crippen LogP contribution is -2.50. The Kier molecular flexibility index (Phi) is 6.74. The summed E-state index contributed by atoms with van der Waals surface area (Å²) in [6.07, 6.45) is 0. The molecule has 2 aromatic carbocycles. The van der Waals surface area contributed by atoms with Gasteiger partial charge in [-0.1, -0.05) is 51.5 Å². The van der Waals surface area contributed by atoms with Gasteiger partial charge in [0.2, 0.25) is 11.0 Å². The third-order valence-corrected chi connectivity index (χ3v) is 6.57. The first-order valence-electron chi connectivity index (χ1n) is 9.96. The molecule has 0 bridgehead atoms. The van der Waals surface area contributed by atoms with Crippen LogP contribution in [0.2, 0.25) is 0 Å². The first-order chi connectivity index (χ1) is 15.0. The molecule has 0 saturated carbocycles. The van der Waals surface area contributed by atoms with Crippen molar-refractivity contribution >= 4 is 44.2 Å². The molecule has 1 saturated heterocycles. The summed E-state index contributed by atoms with van der Waals surface area (Å²) in [5.41, 5.74) is 2.81. The minimum atomic E-state index is -0.125. The Bertz CT molecular complexity index is 1080. The monoisotopic (exact) mass is 499 g/mol. The van der Waals surface area contributed by atoms with E-state index in [9.17, 15) is 9.59 Å². The fourth-order valence-corrected chi connectivity index (χ4v) is 4.56. The van der Waals surface area contributed by atoms with Crippen LogP contribution in [0.4, 0.5) is 5.13 Å². The number of halogens is 1. The summed E-state index contributed by atoms with van der Waals surface area (Å²) >= 11 is 4.75. The lowest BCUT2D eigenvalue weighted by Gasteiger charge is -2.34. The molecule has 160 valence electrons. The average molecular weight is 500 g/mol. The zero-order valence-electron chi connectivity index (χ0n) is 17.0. The zero-order valence-corrected chi connectivity index (χ0v) is 19.4. The average Bonchev–Trinajstić information content (AvgIpc) is 3.22. The van der Waals surface area contributed by atoms with Gasteiger partial charge in [0.25, 0.3) is 5.91 Å². The molecule has 31 heavy (non-hydrogen) atoms. The van der Waals surface area contributed by atoms with Crippen LogP contribution in [0.3, 0.4) is 0 Å². The largest absolute Gasteiger partial charge is 0.336 e. The molecule has 2 amide bonds. The molecule has 2 heterocycles. The minimum Gasteiger partial charge on any atom is -0.336 e.